The zero-order chi connectivity index (χ0) is 19.4. The molecule has 5 nitrogen and oxygen atoms in total. The summed E-state index contributed by atoms with van der Waals surface area (Å²) in [7, 11) is 0. The molecule has 0 aliphatic carbocycles. The standard InChI is InChI=1S/C20H19Cl2N3O2/c1-19(2)13-7-6-12(8-16(13)23-18(19)27)24-20(9-25(10-20)11-26)14-4-3-5-15(21)17(14)22/h3-8,11,24H,9-10H2,1-2H3,(H,23,27). The van der Waals surface area contributed by atoms with E-state index >= 15 is 0 Å². The largest absolute Gasteiger partial charge is 0.372 e. The average Bonchev–Trinajstić information content (AvgIpc) is 2.82. The van der Waals surface area contributed by atoms with E-state index in [1.54, 1.807) is 11.0 Å². The predicted octanol–water partition coefficient (Wildman–Crippen LogP) is 4.00. The maximum atomic E-state index is 12.2. The number of hydrogen-bond acceptors (Lipinski definition) is 3. The van der Waals surface area contributed by atoms with Gasteiger partial charge in [-0.2, -0.15) is 0 Å². The summed E-state index contributed by atoms with van der Waals surface area (Å²) >= 11 is 12.7. The Balaban J connectivity index is 1.71. The Morgan fingerprint density at radius 3 is 2.59 bits per heavy atom. The second-order valence-electron chi connectivity index (χ2n) is 7.66. The molecule has 2 aromatic rings. The third-order valence-electron chi connectivity index (χ3n) is 5.45. The zero-order valence-electron chi connectivity index (χ0n) is 15.0. The van der Waals surface area contributed by atoms with Gasteiger partial charge in [0.15, 0.2) is 0 Å². The van der Waals surface area contributed by atoms with Crippen LogP contribution in [0.2, 0.25) is 10.0 Å². The summed E-state index contributed by atoms with van der Waals surface area (Å²) in [5, 5.41) is 7.41. The highest BCUT2D eigenvalue weighted by molar-refractivity contribution is 6.42. The first kappa shape index (κ1) is 18.1. The van der Waals surface area contributed by atoms with Crippen LogP contribution in [-0.4, -0.2) is 30.3 Å². The molecular formula is C20H19Cl2N3O2. The highest BCUT2D eigenvalue weighted by atomic mass is 35.5. The summed E-state index contributed by atoms with van der Waals surface area (Å²) in [5.74, 6) is -0.0157. The molecular weight excluding hydrogens is 385 g/mol. The Morgan fingerprint density at radius 2 is 1.89 bits per heavy atom. The number of likely N-dealkylation sites (tertiary alicyclic amines) is 1. The fourth-order valence-electron chi connectivity index (χ4n) is 3.86. The second kappa shape index (κ2) is 6.14. The Morgan fingerprint density at radius 1 is 1.15 bits per heavy atom. The number of amides is 2. The van der Waals surface area contributed by atoms with E-state index in [0.717, 1.165) is 28.9 Å². The van der Waals surface area contributed by atoms with Gasteiger partial charge >= 0.3 is 0 Å². The van der Waals surface area contributed by atoms with Gasteiger partial charge in [0.25, 0.3) is 0 Å². The van der Waals surface area contributed by atoms with Crippen LogP contribution in [0.5, 0.6) is 0 Å². The van der Waals surface area contributed by atoms with Crippen molar-refractivity contribution in [1.82, 2.24) is 4.90 Å². The summed E-state index contributed by atoms with van der Waals surface area (Å²) in [6.07, 6.45) is 0.823. The minimum atomic E-state index is -0.549. The van der Waals surface area contributed by atoms with E-state index in [4.69, 9.17) is 23.2 Å². The number of carbonyl (C=O) groups excluding carboxylic acids is 2. The van der Waals surface area contributed by atoms with Crippen molar-refractivity contribution in [3.05, 3.63) is 57.6 Å². The molecule has 4 rings (SSSR count). The number of hydrogen-bond donors (Lipinski definition) is 2. The van der Waals surface area contributed by atoms with Crippen molar-refractivity contribution in [2.24, 2.45) is 0 Å². The molecule has 0 bridgehead atoms. The van der Waals surface area contributed by atoms with E-state index in [1.807, 2.05) is 44.2 Å². The minimum Gasteiger partial charge on any atom is -0.372 e. The van der Waals surface area contributed by atoms with Gasteiger partial charge in [-0.3, -0.25) is 9.59 Å². The minimum absolute atomic E-state index is 0.0157. The van der Waals surface area contributed by atoms with Crippen LogP contribution >= 0.6 is 23.2 Å². The van der Waals surface area contributed by atoms with Gasteiger partial charge in [0, 0.05) is 30.0 Å². The number of halogens is 2. The van der Waals surface area contributed by atoms with Gasteiger partial charge in [0.05, 0.1) is 21.0 Å². The molecule has 0 radical (unpaired) electrons. The van der Waals surface area contributed by atoms with Gasteiger partial charge in [0.2, 0.25) is 12.3 Å². The van der Waals surface area contributed by atoms with Crippen LogP contribution in [-0.2, 0) is 20.5 Å². The maximum Gasteiger partial charge on any atom is 0.234 e. The fraction of sp³-hybridized carbons (Fsp3) is 0.300. The van der Waals surface area contributed by atoms with Crippen LogP contribution in [0.4, 0.5) is 11.4 Å². The molecule has 0 spiro atoms. The van der Waals surface area contributed by atoms with Crippen molar-refractivity contribution in [2.75, 3.05) is 23.7 Å². The van der Waals surface area contributed by atoms with Crippen molar-refractivity contribution >= 4 is 46.9 Å². The van der Waals surface area contributed by atoms with E-state index < -0.39 is 11.0 Å². The summed E-state index contributed by atoms with van der Waals surface area (Å²) in [4.78, 5) is 25.0. The van der Waals surface area contributed by atoms with Crippen molar-refractivity contribution < 1.29 is 9.59 Å². The lowest BCUT2D eigenvalue weighted by molar-refractivity contribution is -0.124. The number of anilines is 2. The monoisotopic (exact) mass is 403 g/mol. The van der Waals surface area contributed by atoms with Gasteiger partial charge in [-0.25, -0.2) is 0 Å². The van der Waals surface area contributed by atoms with Gasteiger partial charge in [-0.1, -0.05) is 41.4 Å². The first-order chi connectivity index (χ1) is 12.8. The molecule has 0 saturated carbocycles. The van der Waals surface area contributed by atoms with Crippen molar-refractivity contribution in [3.8, 4) is 0 Å². The van der Waals surface area contributed by atoms with Crippen LogP contribution in [0.3, 0.4) is 0 Å². The summed E-state index contributed by atoms with van der Waals surface area (Å²) in [5.41, 5.74) is 2.37. The molecule has 1 fully saturated rings. The molecule has 1 saturated heterocycles. The molecule has 0 atom stereocenters. The smallest absolute Gasteiger partial charge is 0.234 e. The predicted molar refractivity (Wildman–Crippen MR) is 107 cm³/mol. The molecule has 2 N–H and O–H groups in total. The fourth-order valence-corrected chi connectivity index (χ4v) is 4.34. The molecule has 0 unspecified atom stereocenters. The molecule has 27 heavy (non-hydrogen) atoms. The van der Waals surface area contributed by atoms with Crippen molar-refractivity contribution in [2.45, 2.75) is 24.8 Å². The van der Waals surface area contributed by atoms with Crippen LogP contribution in [0.1, 0.15) is 25.0 Å². The summed E-state index contributed by atoms with van der Waals surface area (Å²) < 4.78 is 0. The Hall–Kier alpha value is -2.24. The topological polar surface area (TPSA) is 61.4 Å². The van der Waals surface area contributed by atoms with Gasteiger partial charge in [-0.05, 0) is 37.6 Å². The molecule has 2 aliphatic rings. The second-order valence-corrected chi connectivity index (χ2v) is 8.44. The number of nitrogens with zero attached hydrogens (tertiary/aromatic N) is 1. The van der Waals surface area contributed by atoms with Crippen LogP contribution in [0, 0.1) is 0 Å². The van der Waals surface area contributed by atoms with E-state index in [0.29, 0.717) is 23.1 Å². The Bertz CT molecular complexity index is 952. The maximum absolute atomic E-state index is 12.2. The average molecular weight is 404 g/mol. The van der Waals surface area contributed by atoms with Gasteiger partial charge in [0.1, 0.15) is 0 Å². The highest BCUT2D eigenvalue weighted by Crippen LogP contribution is 2.43. The third kappa shape index (κ3) is 2.77. The number of carbonyl (C=O) groups is 2. The normalized spacial score (nSPS) is 19.1. The van der Waals surface area contributed by atoms with Crippen molar-refractivity contribution in [1.29, 1.82) is 0 Å². The summed E-state index contributed by atoms with van der Waals surface area (Å²) in [6, 6.07) is 11.3. The molecule has 140 valence electrons. The summed E-state index contributed by atoms with van der Waals surface area (Å²) in [6.45, 7) is 4.77. The SMILES string of the molecule is CC1(C)C(=O)Nc2cc(NC3(c4cccc(Cl)c4Cl)CN(C=O)C3)ccc21. The lowest BCUT2D eigenvalue weighted by atomic mass is 9.82. The quantitative estimate of drug-likeness (QED) is 0.758. The van der Waals surface area contributed by atoms with Crippen molar-refractivity contribution in [3.63, 3.8) is 0 Å². The third-order valence-corrected chi connectivity index (χ3v) is 6.27. The lowest BCUT2D eigenvalue weighted by Gasteiger charge is -2.50. The molecule has 2 aromatic carbocycles. The molecule has 2 heterocycles. The zero-order valence-corrected chi connectivity index (χ0v) is 16.5. The van der Waals surface area contributed by atoms with Gasteiger partial charge in [-0.15, -0.1) is 0 Å². The number of nitrogens with one attached hydrogen (secondary N) is 2. The number of fused-ring (bicyclic) bond motifs is 1. The number of benzene rings is 2. The molecule has 0 aromatic heterocycles. The molecule has 2 aliphatic heterocycles. The Kier molecular flexibility index (Phi) is 4.13. The lowest BCUT2D eigenvalue weighted by Crippen LogP contribution is -2.63. The van der Waals surface area contributed by atoms with Crippen LogP contribution in [0.25, 0.3) is 0 Å². The van der Waals surface area contributed by atoms with Crippen LogP contribution in [0.15, 0.2) is 36.4 Å². The number of rotatable bonds is 4. The first-order valence-corrected chi connectivity index (χ1v) is 9.40. The van der Waals surface area contributed by atoms with E-state index in [9.17, 15) is 9.59 Å². The van der Waals surface area contributed by atoms with E-state index in [-0.39, 0.29) is 5.91 Å². The van der Waals surface area contributed by atoms with Crippen LogP contribution < -0.4 is 10.6 Å². The molecule has 2 amide bonds. The van der Waals surface area contributed by atoms with E-state index in [1.165, 1.54) is 0 Å². The molecule has 7 heteroatoms. The first-order valence-electron chi connectivity index (χ1n) is 8.65. The van der Waals surface area contributed by atoms with Gasteiger partial charge < -0.3 is 15.5 Å². The Labute approximate surface area is 167 Å². The highest BCUT2D eigenvalue weighted by Gasteiger charge is 2.46. The van der Waals surface area contributed by atoms with E-state index in [2.05, 4.69) is 10.6 Å².